The van der Waals surface area contributed by atoms with Crippen molar-refractivity contribution in [2.24, 2.45) is 5.10 Å². The number of nitrogens with one attached hydrogen (secondary N) is 1. The van der Waals surface area contributed by atoms with Crippen molar-refractivity contribution in [3.05, 3.63) is 78.8 Å². The standard InChI is InChI=1S/C15H11ClN4O5/c16-13-6-5-12(19(22)23)7-11(13)9-17-18-15(21)8-10-3-1-2-4-14(10)20(24)25/h1-7,9H,8H2,(H,18,21). The number of nitro benzene ring substituents is 2. The van der Waals surface area contributed by atoms with Gasteiger partial charge in [0.25, 0.3) is 11.4 Å². The zero-order valence-electron chi connectivity index (χ0n) is 12.6. The molecule has 2 aromatic carbocycles. The minimum Gasteiger partial charge on any atom is -0.273 e. The van der Waals surface area contributed by atoms with Crippen molar-refractivity contribution in [2.45, 2.75) is 6.42 Å². The average molecular weight is 363 g/mol. The Morgan fingerprint density at radius 1 is 1.16 bits per heavy atom. The number of para-hydroxylation sites is 1. The van der Waals surface area contributed by atoms with E-state index in [1.165, 1.54) is 36.4 Å². The Morgan fingerprint density at radius 2 is 1.88 bits per heavy atom. The van der Waals surface area contributed by atoms with Gasteiger partial charge in [-0.2, -0.15) is 5.10 Å². The molecule has 0 fully saturated rings. The number of carbonyl (C=O) groups excluding carboxylic acids is 1. The minimum absolute atomic E-state index is 0.164. The van der Waals surface area contributed by atoms with Crippen molar-refractivity contribution in [1.82, 2.24) is 5.43 Å². The topological polar surface area (TPSA) is 128 Å². The van der Waals surface area contributed by atoms with E-state index in [0.29, 0.717) is 0 Å². The molecule has 25 heavy (non-hydrogen) atoms. The normalized spacial score (nSPS) is 10.6. The van der Waals surface area contributed by atoms with E-state index >= 15 is 0 Å². The highest BCUT2D eigenvalue weighted by atomic mass is 35.5. The molecule has 0 atom stereocenters. The van der Waals surface area contributed by atoms with Gasteiger partial charge in [0.05, 0.1) is 22.5 Å². The molecule has 0 aliphatic carbocycles. The van der Waals surface area contributed by atoms with E-state index in [9.17, 15) is 25.0 Å². The van der Waals surface area contributed by atoms with E-state index in [1.54, 1.807) is 6.07 Å². The molecular weight excluding hydrogens is 352 g/mol. The van der Waals surface area contributed by atoms with Crippen LogP contribution in [0.2, 0.25) is 5.02 Å². The Balaban J connectivity index is 2.06. The molecule has 0 aliphatic rings. The Labute approximate surface area is 146 Å². The van der Waals surface area contributed by atoms with Crippen molar-refractivity contribution >= 4 is 35.1 Å². The van der Waals surface area contributed by atoms with Gasteiger partial charge < -0.3 is 0 Å². The summed E-state index contributed by atoms with van der Waals surface area (Å²) in [7, 11) is 0. The maximum absolute atomic E-state index is 11.8. The zero-order valence-corrected chi connectivity index (χ0v) is 13.3. The summed E-state index contributed by atoms with van der Waals surface area (Å²) in [4.78, 5) is 32.3. The van der Waals surface area contributed by atoms with Crippen LogP contribution in [0.4, 0.5) is 11.4 Å². The second-order valence-corrected chi connectivity index (χ2v) is 5.23. The smallest absolute Gasteiger partial charge is 0.273 e. The van der Waals surface area contributed by atoms with E-state index < -0.39 is 15.8 Å². The summed E-state index contributed by atoms with van der Waals surface area (Å²) in [5.41, 5.74) is 2.36. The first-order valence-electron chi connectivity index (χ1n) is 6.86. The first-order valence-corrected chi connectivity index (χ1v) is 7.24. The first kappa shape index (κ1) is 18.0. The number of nitrogens with zero attached hydrogens (tertiary/aromatic N) is 3. The third kappa shape index (κ3) is 4.82. The minimum atomic E-state index is -0.583. The lowest BCUT2D eigenvalue weighted by Gasteiger charge is -2.02. The van der Waals surface area contributed by atoms with Crippen LogP contribution in [0.1, 0.15) is 11.1 Å². The van der Waals surface area contributed by atoms with Crippen molar-refractivity contribution in [2.75, 3.05) is 0 Å². The van der Waals surface area contributed by atoms with E-state index in [-0.39, 0.29) is 33.9 Å². The Morgan fingerprint density at radius 3 is 2.56 bits per heavy atom. The van der Waals surface area contributed by atoms with Crippen LogP contribution in [0, 0.1) is 20.2 Å². The molecule has 0 saturated carbocycles. The SMILES string of the molecule is O=C(Cc1ccccc1[N+](=O)[O-])NN=Cc1cc([N+](=O)[O-])ccc1Cl. The lowest BCUT2D eigenvalue weighted by Crippen LogP contribution is -2.20. The largest absolute Gasteiger partial charge is 0.273 e. The van der Waals surface area contributed by atoms with Crippen LogP contribution >= 0.6 is 11.6 Å². The second-order valence-electron chi connectivity index (χ2n) is 4.82. The maximum atomic E-state index is 11.8. The fraction of sp³-hybridized carbons (Fsp3) is 0.0667. The van der Waals surface area contributed by atoms with Gasteiger partial charge in [-0.15, -0.1) is 0 Å². The Hall–Kier alpha value is -3.33. The Bertz CT molecular complexity index is 869. The molecule has 1 amide bonds. The number of hydrogen-bond donors (Lipinski definition) is 1. The van der Waals surface area contributed by atoms with Crippen molar-refractivity contribution < 1.29 is 14.6 Å². The number of non-ortho nitro benzene ring substituents is 1. The van der Waals surface area contributed by atoms with Crippen LogP contribution in [0.3, 0.4) is 0 Å². The summed E-state index contributed by atoms with van der Waals surface area (Å²) in [6.45, 7) is 0. The molecule has 0 aliphatic heterocycles. The predicted molar refractivity (Wildman–Crippen MR) is 90.6 cm³/mol. The van der Waals surface area contributed by atoms with Gasteiger partial charge in [-0.05, 0) is 6.07 Å². The van der Waals surface area contributed by atoms with Crippen molar-refractivity contribution in [1.29, 1.82) is 0 Å². The van der Waals surface area contributed by atoms with Gasteiger partial charge in [0.1, 0.15) is 0 Å². The Kier molecular flexibility index (Phi) is 5.75. The molecule has 2 rings (SSSR count). The van der Waals surface area contributed by atoms with E-state index in [2.05, 4.69) is 10.5 Å². The summed E-state index contributed by atoms with van der Waals surface area (Å²) in [5.74, 6) is -0.577. The molecule has 0 heterocycles. The highest BCUT2D eigenvalue weighted by Crippen LogP contribution is 2.20. The van der Waals surface area contributed by atoms with Crippen molar-refractivity contribution in [3.63, 3.8) is 0 Å². The number of hydrogen-bond acceptors (Lipinski definition) is 6. The molecule has 0 spiro atoms. The quantitative estimate of drug-likeness (QED) is 0.480. The summed E-state index contributed by atoms with van der Waals surface area (Å²) >= 11 is 5.90. The van der Waals surface area contributed by atoms with Crippen LogP contribution in [-0.2, 0) is 11.2 Å². The monoisotopic (exact) mass is 362 g/mol. The molecule has 0 radical (unpaired) electrons. The third-order valence-electron chi connectivity index (χ3n) is 3.12. The van der Waals surface area contributed by atoms with Gasteiger partial charge in [-0.3, -0.25) is 25.0 Å². The molecule has 0 unspecified atom stereocenters. The number of benzene rings is 2. The second kappa shape index (κ2) is 7.97. The third-order valence-corrected chi connectivity index (χ3v) is 3.47. The number of carbonyl (C=O) groups is 1. The highest BCUT2D eigenvalue weighted by Gasteiger charge is 2.15. The molecule has 0 saturated heterocycles. The zero-order chi connectivity index (χ0) is 18.4. The van der Waals surface area contributed by atoms with Gasteiger partial charge in [0, 0.05) is 34.3 Å². The molecule has 0 aromatic heterocycles. The summed E-state index contributed by atoms with van der Waals surface area (Å²) in [6, 6.07) is 9.65. The van der Waals surface area contributed by atoms with Crippen LogP contribution in [0.15, 0.2) is 47.6 Å². The van der Waals surface area contributed by atoms with E-state index in [0.717, 1.165) is 6.21 Å². The number of halogens is 1. The van der Waals surface area contributed by atoms with Crippen molar-refractivity contribution in [3.8, 4) is 0 Å². The van der Waals surface area contributed by atoms with E-state index in [1.807, 2.05) is 0 Å². The summed E-state index contributed by atoms with van der Waals surface area (Å²) < 4.78 is 0. The summed E-state index contributed by atoms with van der Waals surface area (Å²) in [5, 5.41) is 25.5. The highest BCUT2D eigenvalue weighted by molar-refractivity contribution is 6.33. The van der Waals surface area contributed by atoms with Gasteiger partial charge in [-0.25, -0.2) is 5.43 Å². The summed E-state index contributed by atoms with van der Waals surface area (Å²) in [6.07, 6.45) is 0.920. The number of nitro groups is 2. The molecule has 128 valence electrons. The fourth-order valence-corrected chi connectivity index (χ4v) is 2.13. The molecule has 2 aromatic rings. The lowest BCUT2D eigenvalue weighted by atomic mass is 10.1. The predicted octanol–water partition coefficient (Wildman–Crippen LogP) is 2.85. The maximum Gasteiger partial charge on any atom is 0.273 e. The number of hydrazone groups is 1. The molecule has 0 bridgehead atoms. The fourth-order valence-electron chi connectivity index (χ4n) is 1.97. The molecule has 10 heteroatoms. The van der Waals surface area contributed by atoms with Crippen LogP contribution < -0.4 is 5.43 Å². The lowest BCUT2D eigenvalue weighted by molar-refractivity contribution is -0.385. The van der Waals surface area contributed by atoms with Gasteiger partial charge in [-0.1, -0.05) is 29.8 Å². The van der Waals surface area contributed by atoms with Crippen LogP contribution in [0.25, 0.3) is 0 Å². The number of rotatable bonds is 6. The van der Waals surface area contributed by atoms with Crippen LogP contribution in [0.5, 0.6) is 0 Å². The number of amides is 1. The molecule has 9 nitrogen and oxygen atoms in total. The van der Waals surface area contributed by atoms with Crippen LogP contribution in [-0.4, -0.2) is 22.0 Å². The van der Waals surface area contributed by atoms with Gasteiger partial charge >= 0.3 is 0 Å². The van der Waals surface area contributed by atoms with Gasteiger partial charge in [0.15, 0.2) is 0 Å². The van der Waals surface area contributed by atoms with E-state index in [4.69, 9.17) is 11.6 Å². The van der Waals surface area contributed by atoms with Gasteiger partial charge in [0.2, 0.25) is 5.91 Å². The molecular formula is C15H11ClN4O5. The first-order chi connectivity index (χ1) is 11.9. The molecule has 1 N–H and O–H groups in total. The average Bonchev–Trinajstić information content (AvgIpc) is 2.56.